The van der Waals surface area contributed by atoms with Crippen LogP contribution in [0.1, 0.15) is 39.9 Å². The second-order valence-electron chi connectivity index (χ2n) is 11.7. The predicted octanol–water partition coefficient (Wildman–Crippen LogP) is 4.80. The van der Waals surface area contributed by atoms with Crippen LogP contribution in [0.2, 0.25) is 0 Å². The van der Waals surface area contributed by atoms with E-state index in [9.17, 15) is 13.2 Å². The second-order valence-corrected chi connectivity index (χ2v) is 13.5. The molecule has 2 aliphatic rings. The molecule has 3 heterocycles. The van der Waals surface area contributed by atoms with Gasteiger partial charge in [0.1, 0.15) is 17.3 Å². The average molecular weight is 622 g/mol. The molecule has 0 atom stereocenters. The number of amides is 1. The highest BCUT2D eigenvalue weighted by Crippen LogP contribution is 2.51. The Morgan fingerprint density at radius 2 is 1.82 bits per heavy atom. The van der Waals surface area contributed by atoms with Crippen molar-refractivity contribution in [2.24, 2.45) is 7.05 Å². The zero-order chi connectivity index (χ0) is 33.7. The highest BCUT2D eigenvalue weighted by molar-refractivity contribution is 7.92. The lowest BCUT2D eigenvalue weighted by atomic mass is 9.96. The van der Waals surface area contributed by atoms with Crippen molar-refractivity contribution in [1.82, 2.24) is 14.5 Å². The van der Waals surface area contributed by atoms with Crippen molar-refractivity contribution in [2.75, 3.05) is 61.5 Å². The van der Waals surface area contributed by atoms with Gasteiger partial charge in [-0.15, -0.1) is 0 Å². The summed E-state index contributed by atoms with van der Waals surface area (Å²) in [6.45, 7) is 1.85. The van der Waals surface area contributed by atoms with Crippen molar-refractivity contribution in [3.05, 3.63) is 66.0 Å². The van der Waals surface area contributed by atoms with E-state index in [2.05, 4.69) is 21.9 Å². The molecule has 0 radical (unpaired) electrons. The Morgan fingerprint density at radius 3 is 2.50 bits per heavy atom. The molecule has 232 valence electrons. The second kappa shape index (κ2) is 11.3. The van der Waals surface area contributed by atoms with Gasteiger partial charge in [0.05, 0.1) is 30.3 Å². The van der Waals surface area contributed by atoms with E-state index in [1.807, 2.05) is 35.2 Å². The van der Waals surface area contributed by atoms with Gasteiger partial charge in [0.2, 0.25) is 10.0 Å². The summed E-state index contributed by atoms with van der Waals surface area (Å²) in [7, 11) is -0.401. The highest BCUT2D eigenvalue weighted by atomic mass is 32.2. The van der Waals surface area contributed by atoms with Crippen LogP contribution in [0.25, 0.3) is 10.9 Å². The molecule has 1 aliphatic carbocycles. The quantitative estimate of drug-likeness (QED) is 0.274. The largest absolute Gasteiger partial charge is 0.492 e. The van der Waals surface area contributed by atoms with Crippen molar-refractivity contribution in [2.45, 2.75) is 25.2 Å². The molecular weight excluding hydrogens is 580 g/mol. The maximum atomic E-state index is 13.8. The van der Waals surface area contributed by atoms with Crippen molar-refractivity contribution in [1.29, 1.82) is 0 Å². The average Bonchev–Trinajstić information content (AvgIpc) is 3.67. The number of fused-ring (bicyclic) bond motifs is 1. The number of hydrogen-bond acceptors (Lipinski definition) is 8. The predicted molar refractivity (Wildman–Crippen MR) is 173 cm³/mol. The fraction of sp³-hybridized carbons (Fsp3) is 0.375. The van der Waals surface area contributed by atoms with Crippen molar-refractivity contribution >= 4 is 44.0 Å². The number of likely N-dealkylation sites (N-methyl/N-ethyl adjacent to an activating group) is 1. The van der Waals surface area contributed by atoms with Crippen LogP contribution in [0, 0.1) is 0 Å². The Morgan fingerprint density at radius 1 is 1.07 bits per heavy atom. The molecule has 12 heteroatoms. The maximum Gasteiger partial charge on any atom is 0.272 e. The first-order valence-corrected chi connectivity index (χ1v) is 16.3. The Bertz CT molecular complexity index is 1950. The molecule has 2 aromatic carbocycles. The van der Waals surface area contributed by atoms with Crippen LogP contribution in [-0.4, -0.2) is 75.3 Å². The Kier molecular flexibility index (Phi) is 6.73. The number of aryl methyl sites for hydroxylation is 1. The topological polar surface area (TPSA) is 118 Å². The molecule has 2 fully saturated rings. The first-order chi connectivity index (χ1) is 22.1. The number of piperazine rings is 1. The molecule has 1 amide bonds. The molecule has 1 saturated carbocycles. The summed E-state index contributed by atoms with van der Waals surface area (Å²) in [5.41, 5.74) is 2.49. The molecule has 6 rings (SSSR count). The van der Waals surface area contributed by atoms with E-state index < -0.39 is 22.9 Å². The minimum absolute atomic E-state index is 0.107. The van der Waals surface area contributed by atoms with Crippen molar-refractivity contribution in [3.63, 3.8) is 0 Å². The molecule has 1 saturated heterocycles. The van der Waals surface area contributed by atoms with E-state index in [-0.39, 0.29) is 16.9 Å². The van der Waals surface area contributed by atoms with Crippen LogP contribution in [0.15, 0.2) is 54.7 Å². The number of benzene rings is 2. The molecule has 44 heavy (non-hydrogen) atoms. The molecule has 2 aromatic heterocycles. The highest BCUT2D eigenvalue weighted by Gasteiger charge is 2.40. The lowest BCUT2D eigenvalue weighted by molar-refractivity contribution is 0.101. The number of aromatic nitrogens is 2. The molecule has 1 aliphatic heterocycles. The molecule has 0 bridgehead atoms. The fourth-order valence-electron chi connectivity index (χ4n) is 5.61. The molecule has 0 spiro atoms. The summed E-state index contributed by atoms with van der Waals surface area (Å²) < 4.78 is 63.5. The number of methoxy groups -OCH3 is 1. The van der Waals surface area contributed by atoms with Crippen LogP contribution < -0.4 is 24.4 Å². The SMILES string of the molecule is [2H]C([2H])([2H])N1CCN(c2cc(Oc3cccc4cc(C(=O)Nc5cc(C6(C)CC6)cc(NS(C)(=O)=O)c5OC)n(C)c34)ccn2)CC1. The number of nitrogens with one attached hydrogen (secondary N) is 2. The number of carbonyl (C=O) groups is 1. The summed E-state index contributed by atoms with van der Waals surface area (Å²) in [4.78, 5) is 21.8. The number of pyridine rings is 1. The van der Waals surface area contributed by atoms with E-state index in [0.717, 1.165) is 30.0 Å². The van der Waals surface area contributed by atoms with Gasteiger partial charge in [0.25, 0.3) is 5.91 Å². The number of rotatable bonds is 9. The van der Waals surface area contributed by atoms with E-state index in [1.54, 1.807) is 36.0 Å². The summed E-state index contributed by atoms with van der Waals surface area (Å²) >= 11 is 0. The van der Waals surface area contributed by atoms with Gasteiger partial charge in [-0.05, 0) is 61.1 Å². The number of hydrogen-bond donors (Lipinski definition) is 2. The lowest BCUT2D eigenvalue weighted by Gasteiger charge is -2.33. The zero-order valence-electron chi connectivity index (χ0n) is 28.2. The van der Waals surface area contributed by atoms with E-state index in [0.29, 0.717) is 60.4 Å². The third kappa shape index (κ3) is 6.04. The summed E-state index contributed by atoms with van der Waals surface area (Å²) in [5, 5.41) is 3.75. The van der Waals surface area contributed by atoms with Gasteiger partial charge in [0.15, 0.2) is 11.5 Å². The van der Waals surface area contributed by atoms with Gasteiger partial charge in [-0.2, -0.15) is 0 Å². The number of sulfonamides is 1. The number of ether oxygens (including phenoxy) is 2. The summed E-state index contributed by atoms with van der Waals surface area (Å²) in [6, 6.07) is 14.5. The number of carbonyl (C=O) groups excluding carboxylic acids is 1. The molecule has 11 nitrogen and oxygen atoms in total. The van der Waals surface area contributed by atoms with Crippen LogP contribution in [0.5, 0.6) is 17.2 Å². The summed E-state index contributed by atoms with van der Waals surface area (Å²) in [6.07, 6.45) is 4.64. The molecular formula is C32H38N6O5S. The zero-order valence-corrected chi connectivity index (χ0v) is 26.0. The smallest absolute Gasteiger partial charge is 0.272 e. The van der Waals surface area contributed by atoms with E-state index >= 15 is 0 Å². The van der Waals surface area contributed by atoms with Crippen molar-refractivity contribution < 1.29 is 26.8 Å². The van der Waals surface area contributed by atoms with Crippen LogP contribution >= 0.6 is 0 Å². The summed E-state index contributed by atoms with van der Waals surface area (Å²) in [5.74, 6) is 1.59. The first-order valence-electron chi connectivity index (χ1n) is 15.9. The standard InChI is InChI=1S/C32H38N6O5S/c1-32(10-11-32)22-18-24(30(42-4)25(19-22)35-44(5,40)41)34-31(39)26-17-21-7-6-8-27(29(21)37(26)3)43-23-9-12-33-28(20-23)38-15-13-36(2)14-16-38/h6-9,12,17-20,35H,10-11,13-16H2,1-5H3,(H,34,39)/i2D3. The Labute approximate surface area is 262 Å². The first kappa shape index (κ1) is 26.1. The van der Waals surface area contributed by atoms with Gasteiger partial charge >= 0.3 is 0 Å². The number of para-hydroxylation sites is 1. The van der Waals surface area contributed by atoms with Gasteiger partial charge in [-0.1, -0.05) is 19.1 Å². The monoisotopic (exact) mass is 621 g/mol. The van der Waals surface area contributed by atoms with Gasteiger partial charge in [-0.25, -0.2) is 13.4 Å². The van der Waals surface area contributed by atoms with Gasteiger partial charge in [0, 0.05) is 55.0 Å². The maximum absolute atomic E-state index is 13.8. The number of anilines is 3. The third-order valence-electron chi connectivity index (χ3n) is 8.33. The van der Waals surface area contributed by atoms with Crippen molar-refractivity contribution in [3.8, 4) is 17.2 Å². The normalized spacial score (nSPS) is 17.8. The third-order valence-corrected chi connectivity index (χ3v) is 8.92. The lowest BCUT2D eigenvalue weighted by Crippen LogP contribution is -2.44. The fourth-order valence-corrected chi connectivity index (χ4v) is 6.16. The molecule has 2 N–H and O–H groups in total. The van der Waals surface area contributed by atoms with Crippen LogP contribution in [0.3, 0.4) is 0 Å². The Balaban J connectivity index is 1.27. The number of nitrogens with zero attached hydrogens (tertiary/aromatic N) is 4. The van der Waals surface area contributed by atoms with Gasteiger partial charge in [-0.3, -0.25) is 9.52 Å². The van der Waals surface area contributed by atoms with Crippen LogP contribution in [0.4, 0.5) is 17.2 Å². The van der Waals surface area contributed by atoms with E-state index in [4.69, 9.17) is 13.6 Å². The molecule has 0 unspecified atom stereocenters. The minimum Gasteiger partial charge on any atom is -0.492 e. The molecule has 4 aromatic rings. The van der Waals surface area contributed by atoms with E-state index in [1.165, 1.54) is 12.0 Å². The Hall–Kier alpha value is -4.29. The van der Waals surface area contributed by atoms with Crippen LogP contribution in [-0.2, 0) is 22.5 Å². The minimum atomic E-state index is -3.61. The van der Waals surface area contributed by atoms with Gasteiger partial charge < -0.3 is 29.2 Å².